The van der Waals surface area contributed by atoms with E-state index in [4.69, 9.17) is 9.47 Å². The molecule has 0 aliphatic rings. The van der Waals surface area contributed by atoms with E-state index in [1.165, 1.54) is 0 Å². The summed E-state index contributed by atoms with van der Waals surface area (Å²) in [6.45, 7) is 11.7. The first kappa shape index (κ1) is 25.0. The Morgan fingerprint density at radius 3 is 1.62 bits per heavy atom. The number of esters is 2. The molecule has 0 spiro atoms. The van der Waals surface area contributed by atoms with Crippen LogP contribution < -0.4 is 0 Å². The maximum absolute atomic E-state index is 12.3. The van der Waals surface area contributed by atoms with Gasteiger partial charge in [-0.2, -0.15) is 0 Å². The highest BCUT2D eigenvalue weighted by atomic mass is 16.5. The smallest absolute Gasteiger partial charge is 0.338 e. The number of hydrogen-bond acceptors (Lipinski definition) is 4. The number of carbonyl (C=O) groups is 2. The van der Waals surface area contributed by atoms with E-state index in [0.29, 0.717) is 11.1 Å². The zero-order valence-electron chi connectivity index (χ0n) is 20.3. The molecule has 4 nitrogen and oxygen atoms in total. The van der Waals surface area contributed by atoms with Gasteiger partial charge in [0.05, 0.1) is 23.3 Å². The van der Waals surface area contributed by atoms with Crippen molar-refractivity contribution < 1.29 is 19.1 Å². The molecule has 0 fully saturated rings. The van der Waals surface area contributed by atoms with E-state index in [1.807, 2.05) is 70.2 Å². The predicted octanol–water partition coefficient (Wildman–Crippen LogP) is 7.57. The Bertz CT molecular complexity index is 1140. The van der Waals surface area contributed by atoms with Crippen LogP contribution in [0, 0.1) is 0 Å². The molecule has 176 valence electrons. The zero-order chi connectivity index (χ0) is 24.7. The van der Waals surface area contributed by atoms with E-state index in [1.54, 1.807) is 24.3 Å². The quantitative estimate of drug-likeness (QED) is 0.312. The second kappa shape index (κ2) is 11.5. The van der Waals surface area contributed by atoms with Crippen LogP contribution in [0.3, 0.4) is 0 Å². The Morgan fingerprint density at radius 2 is 1.18 bits per heavy atom. The van der Waals surface area contributed by atoms with Gasteiger partial charge in [-0.15, -0.1) is 0 Å². The van der Waals surface area contributed by atoms with Crippen LogP contribution in [0.2, 0.25) is 0 Å². The van der Waals surface area contributed by atoms with Crippen LogP contribution in [0.4, 0.5) is 0 Å². The molecule has 0 aliphatic heterocycles. The van der Waals surface area contributed by atoms with E-state index >= 15 is 0 Å². The van der Waals surface area contributed by atoms with Crippen LogP contribution in [-0.2, 0) is 9.47 Å². The van der Waals surface area contributed by atoms with Gasteiger partial charge in [-0.1, -0.05) is 62.9 Å². The molecular weight excluding hydrogens is 424 g/mol. The lowest BCUT2D eigenvalue weighted by atomic mass is 9.94. The van der Waals surface area contributed by atoms with E-state index in [-0.39, 0.29) is 24.1 Å². The summed E-state index contributed by atoms with van der Waals surface area (Å²) < 4.78 is 10.8. The molecule has 4 heteroatoms. The maximum Gasteiger partial charge on any atom is 0.338 e. The predicted molar refractivity (Wildman–Crippen MR) is 138 cm³/mol. The van der Waals surface area contributed by atoms with Crippen molar-refractivity contribution >= 4 is 18.0 Å². The van der Waals surface area contributed by atoms with Crippen LogP contribution in [0.15, 0.2) is 73.3 Å². The number of rotatable bonds is 9. The monoisotopic (exact) mass is 456 g/mol. The molecule has 0 radical (unpaired) electrons. The molecule has 0 aromatic heterocycles. The summed E-state index contributed by atoms with van der Waals surface area (Å²) in [5.41, 5.74) is 6.09. The maximum atomic E-state index is 12.3. The molecule has 0 aliphatic carbocycles. The number of carbonyl (C=O) groups excluding carboxylic acids is 2. The van der Waals surface area contributed by atoms with Gasteiger partial charge < -0.3 is 9.47 Å². The van der Waals surface area contributed by atoms with Crippen LogP contribution >= 0.6 is 0 Å². The minimum Gasteiger partial charge on any atom is -0.459 e. The standard InChI is InChI=1S/C30H32O4/c1-6-20(4)33-29(31)25-13-9-23(10-14-25)27-17-18-28(22(8-3)19-27)24-11-15-26(16-12-24)30(32)34-21(5)7-2/h8-21H,3,6-7H2,1-2,4-5H3/t20-,21-/m0/s1. The fraction of sp³-hybridized carbons (Fsp3) is 0.267. The van der Waals surface area contributed by atoms with Crippen LogP contribution in [0.1, 0.15) is 66.8 Å². The van der Waals surface area contributed by atoms with Gasteiger partial charge in [0.25, 0.3) is 0 Å². The first-order chi connectivity index (χ1) is 16.4. The molecule has 3 aromatic carbocycles. The SMILES string of the molecule is C=Cc1cc(-c2ccc(C(=O)O[C@@H](C)CC)cc2)ccc1-c1ccc(C(=O)O[C@@H](C)CC)cc1. The van der Waals surface area contributed by atoms with Gasteiger partial charge in [0, 0.05) is 0 Å². The van der Waals surface area contributed by atoms with E-state index in [2.05, 4.69) is 12.6 Å². The van der Waals surface area contributed by atoms with Crippen LogP contribution in [0.5, 0.6) is 0 Å². The molecule has 0 N–H and O–H groups in total. The van der Waals surface area contributed by atoms with Gasteiger partial charge in [-0.05, 0) is 84.8 Å². The minimum absolute atomic E-state index is 0.102. The Balaban J connectivity index is 1.80. The molecule has 34 heavy (non-hydrogen) atoms. The molecule has 0 saturated carbocycles. The first-order valence-electron chi connectivity index (χ1n) is 11.8. The molecule has 0 heterocycles. The summed E-state index contributed by atoms with van der Waals surface area (Å²) in [7, 11) is 0. The van der Waals surface area contributed by atoms with Crippen molar-refractivity contribution in [3.63, 3.8) is 0 Å². The van der Waals surface area contributed by atoms with Gasteiger partial charge in [0.15, 0.2) is 0 Å². The summed E-state index contributed by atoms with van der Waals surface area (Å²) in [6.07, 6.45) is 3.18. The lowest BCUT2D eigenvalue weighted by Gasteiger charge is -2.13. The molecule has 3 rings (SSSR count). The number of benzene rings is 3. The topological polar surface area (TPSA) is 52.6 Å². The number of ether oxygens (including phenoxy) is 2. The summed E-state index contributed by atoms with van der Waals surface area (Å²) in [4.78, 5) is 24.5. The highest BCUT2D eigenvalue weighted by Gasteiger charge is 2.13. The van der Waals surface area contributed by atoms with Crippen molar-refractivity contribution in [1.29, 1.82) is 0 Å². The Labute approximate surface area is 202 Å². The fourth-order valence-electron chi connectivity index (χ4n) is 3.43. The van der Waals surface area contributed by atoms with E-state index in [0.717, 1.165) is 40.7 Å². The summed E-state index contributed by atoms with van der Waals surface area (Å²) >= 11 is 0. The van der Waals surface area contributed by atoms with E-state index < -0.39 is 0 Å². The molecule has 3 aromatic rings. The van der Waals surface area contributed by atoms with Gasteiger partial charge in [-0.3, -0.25) is 0 Å². The lowest BCUT2D eigenvalue weighted by Crippen LogP contribution is -2.13. The van der Waals surface area contributed by atoms with Gasteiger partial charge in [-0.25, -0.2) is 9.59 Å². The zero-order valence-corrected chi connectivity index (χ0v) is 20.3. The summed E-state index contributed by atoms with van der Waals surface area (Å²) in [5, 5.41) is 0. The van der Waals surface area contributed by atoms with Gasteiger partial charge in [0.1, 0.15) is 0 Å². The molecule has 0 unspecified atom stereocenters. The third kappa shape index (κ3) is 6.02. The second-order valence-electron chi connectivity index (χ2n) is 8.41. The first-order valence-corrected chi connectivity index (χ1v) is 11.8. The largest absolute Gasteiger partial charge is 0.459 e. The molecule has 0 amide bonds. The summed E-state index contributed by atoms with van der Waals surface area (Å²) in [6, 6.07) is 21.0. The third-order valence-electron chi connectivity index (χ3n) is 5.92. The van der Waals surface area contributed by atoms with Crippen molar-refractivity contribution in [3.05, 3.63) is 90.0 Å². The highest BCUT2D eigenvalue weighted by Crippen LogP contribution is 2.30. The second-order valence-corrected chi connectivity index (χ2v) is 8.41. The molecule has 2 atom stereocenters. The van der Waals surface area contributed by atoms with Crippen molar-refractivity contribution in [3.8, 4) is 22.3 Å². The van der Waals surface area contributed by atoms with Crippen LogP contribution in [0.25, 0.3) is 28.3 Å². The van der Waals surface area contributed by atoms with E-state index in [9.17, 15) is 9.59 Å². The molecule has 0 bridgehead atoms. The highest BCUT2D eigenvalue weighted by molar-refractivity contribution is 5.91. The fourth-order valence-corrected chi connectivity index (χ4v) is 3.43. The average Bonchev–Trinajstić information content (AvgIpc) is 2.88. The van der Waals surface area contributed by atoms with Gasteiger partial charge in [0.2, 0.25) is 0 Å². The summed E-state index contributed by atoms with van der Waals surface area (Å²) in [5.74, 6) is -0.615. The minimum atomic E-state index is -0.309. The number of hydrogen-bond donors (Lipinski definition) is 0. The Hall–Kier alpha value is -3.66. The Kier molecular flexibility index (Phi) is 8.42. The van der Waals surface area contributed by atoms with Crippen molar-refractivity contribution in [1.82, 2.24) is 0 Å². The van der Waals surface area contributed by atoms with Crippen molar-refractivity contribution in [2.24, 2.45) is 0 Å². The van der Waals surface area contributed by atoms with Crippen molar-refractivity contribution in [2.45, 2.75) is 52.7 Å². The molecule has 0 saturated heterocycles. The van der Waals surface area contributed by atoms with Gasteiger partial charge >= 0.3 is 11.9 Å². The normalized spacial score (nSPS) is 12.5. The average molecular weight is 457 g/mol. The third-order valence-corrected chi connectivity index (χ3v) is 5.92. The Morgan fingerprint density at radius 1 is 0.735 bits per heavy atom. The lowest BCUT2D eigenvalue weighted by molar-refractivity contribution is 0.0324. The molecular formula is C30H32O4. The van der Waals surface area contributed by atoms with Crippen LogP contribution in [-0.4, -0.2) is 24.1 Å². The van der Waals surface area contributed by atoms with Crippen molar-refractivity contribution in [2.75, 3.05) is 0 Å².